The van der Waals surface area contributed by atoms with Crippen molar-refractivity contribution < 1.29 is 13.6 Å². The minimum atomic E-state index is -0.952. The van der Waals surface area contributed by atoms with Crippen LogP contribution in [-0.4, -0.2) is 29.8 Å². The molecular weight excluding hydrogens is 268 g/mol. The molecule has 0 amide bonds. The van der Waals surface area contributed by atoms with Gasteiger partial charge >= 0.3 is 10.0 Å². The largest absolute Gasteiger partial charge is 0.525 e. The average molecular weight is 288 g/mol. The van der Waals surface area contributed by atoms with Crippen LogP contribution in [0.3, 0.4) is 0 Å². The Hall–Kier alpha value is -1.62. The van der Waals surface area contributed by atoms with Crippen LogP contribution < -0.4 is 4.43 Å². The lowest BCUT2D eigenvalue weighted by atomic mass is 10.2. The zero-order chi connectivity index (χ0) is 13.9. The van der Waals surface area contributed by atoms with Gasteiger partial charge in [-0.15, -0.1) is 0 Å². The van der Waals surface area contributed by atoms with Gasteiger partial charge in [0.15, 0.2) is 0 Å². The second-order valence-corrected chi connectivity index (χ2v) is 5.26. The first-order valence-electron chi connectivity index (χ1n) is 6.82. The third-order valence-corrected chi connectivity index (χ3v) is 3.71. The SMILES string of the molecule is c1ccc(CCOCCO[SiH2]Oc2ccccc2)cc1. The van der Waals surface area contributed by atoms with Crippen LogP contribution in [0.25, 0.3) is 0 Å². The van der Waals surface area contributed by atoms with E-state index in [0.29, 0.717) is 13.2 Å². The van der Waals surface area contributed by atoms with E-state index in [4.69, 9.17) is 13.6 Å². The Morgan fingerprint density at radius 1 is 0.750 bits per heavy atom. The molecule has 0 N–H and O–H groups in total. The van der Waals surface area contributed by atoms with E-state index < -0.39 is 10.0 Å². The van der Waals surface area contributed by atoms with Crippen LogP contribution in [0.1, 0.15) is 5.56 Å². The lowest BCUT2D eigenvalue weighted by Crippen LogP contribution is -2.13. The van der Waals surface area contributed by atoms with Crippen molar-refractivity contribution in [3.05, 3.63) is 66.2 Å². The Morgan fingerprint density at radius 2 is 1.45 bits per heavy atom. The molecule has 0 heterocycles. The van der Waals surface area contributed by atoms with Crippen molar-refractivity contribution in [3.63, 3.8) is 0 Å². The normalized spacial score (nSPS) is 11.0. The summed E-state index contributed by atoms with van der Waals surface area (Å²) < 4.78 is 16.6. The van der Waals surface area contributed by atoms with E-state index in [1.165, 1.54) is 5.56 Å². The summed E-state index contributed by atoms with van der Waals surface area (Å²) in [5, 5.41) is 0. The molecule has 20 heavy (non-hydrogen) atoms. The van der Waals surface area contributed by atoms with Gasteiger partial charge in [0.1, 0.15) is 5.75 Å². The molecule has 2 aromatic rings. The molecule has 0 saturated heterocycles. The molecule has 0 unspecified atom stereocenters. The highest BCUT2D eigenvalue weighted by Crippen LogP contribution is 2.07. The molecule has 0 fully saturated rings. The Balaban J connectivity index is 1.44. The predicted molar refractivity (Wildman–Crippen MR) is 82.5 cm³/mol. The number of benzene rings is 2. The smallest absolute Gasteiger partial charge is 0.366 e. The molecule has 0 spiro atoms. The molecule has 0 bridgehead atoms. The zero-order valence-corrected chi connectivity index (χ0v) is 12.9. The fourth-order valence-corrected chi connectivity index (χ4v) is 2.39. The fraction of sp³-hybridized carbons (Fsp3) is 0.250. The number of rotatable bonds is 9. The molecular formula is C16H20O3Si. The van der Waals surface area contributed by atoms with Crippen molar-refractivity contribution in [2.45, 2.75) is 6.42 Å². The van der Waals surface area contributed by atoms with Gasteiger partial charge in [-0.25, -0.2) is 0 Å². The first kappa shape index (κ1) is 14.8. The Morgan fingerprint density at radius 3 is 2.20 bits per heavy atom. The van der Waals surface area contributed by atoms with Crippen molar-refractivity contribution in [2.75, 3.05) is 19.8 Å². The lowest BCUT2D eigenvalue weighted by Gasteiger charge is -2.07. The molecule has 4 heteroatoms. The van der Waals surface area contributed by atoms with Crippen molar-refractivity contribution >= 4 is 10.0 Å². The summed E-state index contributed by atoms with van der Waals surface area (Å²) in [5.74, 6) is 0.879. The van der Waals surface area contributed by atoms with Crippen LogP contribution in [0.15, 0.2) is 60.7 Å². The molecule has 0 aliphatic carbocycles. The van der Waals surface area contributed by atoms with E-state index in [2.05, 4.69) is 12.1 Å². The second kappa shape index (κ2) is 9.31. The van der Waals surface area contributed by atoms with Gasteiger partial charge in [0.25, 0.3) is 0 Å². The first-order chi connectivity index (χ1) is 9.95. The quantitative estimate of drug-likeness (QED) is 0.523. The van der Waals surface area contributed by atoms with E-state index in [1.54, 1.807) is 0 Å². The zero-order valence-electron chi connectivity index (χ0n) is 11.5. The molecule has 2 aromatic carbocycles. The predicted octanol–water partition coefficient (Wildman–Crippen LogP) is 2.34. The molecule has 0 aromatic heterocycles. The molecule has 3 nitrogen and oxygen atoms in total. The summed E-state index contributed by atoms with van der Waals surface area (Å²) >= 11 is 0. The Bertz CT molecular complexity index is 416. The van der Waals surface area contributed by atoms with Gasteiger partial charge in [0, 0.05) is 0 Å². The molecule has 0 radical (unpaired) electrons. The lowest BCUT2D eigenvalue weighted by molar-refractivity contribution is 0.0993. The summed E-state index contributed by atoms with van der Waals surface area (Å²) in [4.78, 5) is 0. The van der Waals surface area contributed by atoms with Gasteiger partial charge < -0.3 is 13.6 Å². The standard InChI is InChI=1S/C16H20O3Si/c1-3-7-15(8-4-1)11-12-17-13-14-18-20-19-16-9-5-2-6-10-16/h1-10H,11-14,20H2. The van der Waals surface area contributed by atoms with Crippen molar-refractivity contribution in [1.29, 1.82) is 0 Å². The van der Waals surface area contributed by atoms with Crippen molar-refractivity contribution in [3.8, 4) is 5.75 Å². The van der Waals surface area contributed by atoms with Crippen LogP contribution in [0.5, 0.6) is 5.75 Å². The van der Waals surface area contributed by atoms with E-state index in [0.717, 1.165) is 18.8 Å². The molecule has 0 saturated carbocycles. The third kappa shape index (κ3) is 6.01. The van der Waals surface area contributed by atoms with Gasteiger partial charge in [0.05, 0.1) is 19.8 Å². The second-order valence-electron chi connectivity index (χ2n) is 4.33. The maximum Gasteiger partial charge on any atom is 0.366 e. The van der Waals surface area contributed by atoms with Gasteiger partial charge in [0.2, 0.25) is 0 Å². The summed E-state index contributed by atoms with van der Waals surface area (Å²) in [7, 11) is -0.952. The van der Waals surface area contributed by atoms with Crippen LogP contribution in [0, 0.1) is 0 Å². The molecule has 2 rings (SSSR count). The Labute approximate surface area is 122 Å². The number of hydrogen-bond acceptors (Lipinski definition) is 3. The van der Waals surface area contributed by atoms with Crippen molar-refractivity contribution in [2.24, 2.45) is 0 Å². The maximum absolute atomic E-state index is 5.54. The highest BCUT2D eigenvalue weighted by Gasteiger charge is 1.95. The molecule has 106 valence electrons. The first-order valence-corrected chi connectivity index (χ1v) is 7.98. The third-order valence-electron chi connectivity index (χ3n) is 2.80. The number of hydrogen-bond donors (Lipinski definition) is 0. The average Bonchev–Trinajstić information content (AvgIpc) is 2.52. The summed E-state index contributed by atoms with van der Waals surface area (Å²) in [6.07, 6.45) is 0.943. The monoisotopic (exact) mass is 288 g/mol. The topological polar surface area (TPSA) is 27.7 Å². The highest BCUT2D eigenvalue weighted by molar-refractivity contribution is 6.19. The Kier molecular flexibility index (Phi) is 6.88. The number of ether oxygens (including phenoxy) is 1. The van der Waals surface area contributed by atoms with E-state index in [1.807, 2.05) is 48.5 Å². The summed E-state index contributed by atoms with van der Waals surface area (Å²) in [6, 6.07) is 20.1. The summed E-state index contributed by atoms with van der Waals surface area (Å²) in [5.41, 5.74) is 1.30. The number of para-hydroxylation sites is 1. The minimum Gasteiger partial charge on any atom is -0.525 e. The van der Waals surface area contributed by atoms with Gasteiger partial charge in [-0.05, 0) is 24.1 Å². The molecule has 0 aliphatic heterocycles. The van der Waals surface area contributed by atoms with Crippen LogP contribution in [-0.2, 0) is 15.6 Å². The van der Waals surface area contributed by atoms with Gasteiger partial charge in [-0.2, -0.15) is 0 Å². The summed E-state index contributed by atoms with van der Waals surface area (Å²) in [6.45, 7) is 1.96. The fourth-order valence-electron chi connectivity index (χ4n) is 1.74. The van der Waals surface area contributed by atoms with E-state index in [9.17, 15) is 0 Å². The maximum atomic E-state index is 5.54. The van der Waals surface area contributed by atoms with Gasteiger partial charge in [-0.3, -0.25) is 0 Å². The highest BCUT2D eigenvalue weighted by atomic mass is 28.3. The molecule has 0 atom stereocenters. The molecule has 0 aliphatic rings. The van der Waals surface area contributed by atoms with E-state index >= 15 is 0 Å². The van der Waals surface area contributed by atoms with Crippen LogP contribution in [0.4, 0.5) is 0 Å². The minimum absolute atomic E-state index is 0.605. The van der Waals surface area contributed by atoms with Crippen LogP contribution in [0.2, 0.25) is 0 Å². The van der Waals surface area contributed by atoms with E-state index in [-0.39, 0.29) is 0 Å². The van der Waals surface area contributed by atoms with Crippen LogP contribution >= 0.6 is 0 Å². The van der Waals surface area contributed by atoms with Gasteiger partial charge in [-0.1, -0.05) is 48.5 Å². The van der Waals surface area contributed by atoms with Crippen molar-refractivity contribution in [1.82, 2.24) is 0 Å².